The Balaban J connectivity index is 1.96. The average Bonchev–Trinajstić information content (AvgIpc) is 2.52. The fraction of sp³-hybridized carbons (Fsp3) is 0.267. The highest BCUT2D eigenvalue weighted by Gasteiger charge is 2.13. The molecule has 2 N–H and O–H groups in total. The number of aliphatic hydroxyl groups excluding tert-OH is 1. The first-order valence-corrected chi connectivity index (χ1v) is 6.94. The third kappa shape index (κ3) is 4.59. The summed E-state index contributed by atoms with van der Waals surface area (Å²) < 4.78 is 28.4. The van der Waals surface area contributed by atoms with Crippen LogP contribution in [0.2, 0.25) is 0 Å². The van der Waals surface area contributed by atoms with Crippen LogP contribution in [0, 0.1) is 17.0 Å². The van der Waals surface area contributed by atoms with E-state index < -0.39 is 17.6 Å². The standard InChI is InChI=1S/C15H15F2N3O4/c1-9-6-14(18-7-12(9)20(22)23)19-8-13(21)10-2-4-11(5-3-10)24-15(16)17/h2-7,13,15,21H,8H2,1H3,(H,18,19). The minimum Gasteiger partial charge on any atom is -0.435 e. The van der Waals surface area contributed by atoms with Crippen molar-refractivity contribution >= 4 is 11.5 Å². The Labute approximate surface area is 136 Å². The van der Waals surface area contributed by atoms with Crippen LogP contribution in [0.4, 0.5) is 20.3 Å². The first-order chi connectivity index (χ1) is 11.4. The monoisotopic (exact) mass is 339 g/mol. The summed E-state index contributed by atoms with van der Waals surface area (Å²) >= 11 is 0. The lowest BCUT2D eigenvalue weighted by atomic mass is 10.1. The predicted octanol–water partition coefficient (Wildman–Crippen LogP) is 3.05. The molecule has 0 aliphatic carbocycles. The number of nitrogens with zero attached hydrogens (tertiary/aromatic N) is 2. The van der Waals surface area contributed by atoms with Crippen molar-refractivity contribution in [2.75, 3.05) is 11.9 Å². The molecule has 1 heterocycles. The molecule has 128 valence electrons. The van der Waals surface area contributed by atoms with E-state index >= 15 is 0 Å². The van der Waals surface area contributed by atoms with Gasteiger partial charge in [-0.1, -0.05) is 12.1 Å². The molecule has 0 aliphatic heterocycles. The zero-order valence-corrected chi connectivity index (χ0v) is 12.6. The molecule has 2 aromatic rings. The van der Waals surface area contributed by atoms with Gasteiger partial charge >= 0.3 is 6.61 Å². The lowest BCUT2D eigenvalue weighted by Crippen LogP contribution is -2.13. The van der Waals surface area contributed by atoms with Crippen LogP contribution in [-0.4, -0.2) is 28.2 Å². The number of ether oxygens (including phenoxy) is 1. The minimum atomic E-state index is -2.90. The second kappa shape index (κ2) is 7.64. The number of hydrogen-bond acceptors (Lipinski definition) is 6. The molecule has 1 aromatic carbocycles. The normalized spacial score (nSPS) is 12.0. The van der Waals surface area contributed by atoms with Crippen molar-refractivity contribution in [1.82, 2.24) is 4.98 Å². The summed E-state index contributed by atoms with van der Waals surface area (Å²) in [6.45, 7) is -1.22. The molecule has 0 radical (unpaired) electrons. The van der Waals surface area contributed by atoms with E-state index in [2.05, 4.69) is 15.0 Å². The number of hydrogen-bond donors (Lipinski definition) is 2. The lowest BCUT2D eigenvalue weighted by Gasteiger charge is -2.13. The van der Waals surface area contributed by atoms with Crippen LogP contribution in [0.5, 0.6) is 5.75 Å². The van der Waals surface area contributed by atoms with Gasteiger partial charge in [-0.25, -0.2) is 4.98 Å². The Bertz CT molecular complexity index is 710. The average molecular weight is 339 g/mol. The summed E-state index contributed by atoms with van der Waals surface area (Å²) in [6.07, 6.45) is 0.225. The number of aromatic nitrogens is 1. The first kappa shape index (κ1) is 17.5. The maximum atomic E-state index is 12.1. The number of pyridine rings is 1. The zero-order valence-electron chi connectivity index (χ0n) is 12.6. The highest BCUT2D eigenvalue weighted by molar-refractivity contribution is 5.47. The van der Waals surface area contributed by atoms with Gasteiger partial charge in [0.05, 0.1) is 11.0 Å². The molecule has 1 aromatic heterocycles. The summed E-state index contributed by atoms with van der Waals surface area (Å²) in [5, 5.41) is 23.7. The van der Waals surface area contributed by atoms with Gasteiger partial charge in [-0.15, -0.1) is 0 Å². The largest absolute Gasteiger partial charge is 0.435 e. The molecular formula is C15H15F2N3O4. The van der Waals surface area contributed by atoms with Crippen molar-refractivity contribution in [1.29, 1.82) is 0 Å². The number of rotatable bonds is 7. The van der Waals surface area contributed by atoms with Gasteiger partial charge in [0.25, 0.3) is 5.69 Å². The Hall–Kier alpha value is -2.81. The minimum absolute atomic E-state index is 0.00145. The molecule has 0 saturated heterocycles. The molecule has 0 aliphatic rings. The molecule has 2 rings (SSSR count). The molecule has 0 fully saturated rings. The van der Waals surface area contributed by atoms with Gasteiger partial charge in [0, 0.05) is 12.1 Å². The van der Waals surface area contributed by atoms with Crippen molar-refractivity contribution in [3.05, 3.63) is 57.8 Å². The topological polar surface area (TPSA) is 97.5 Å². The van der Waals surface area contributed by atoms with Crippen LogP contribution < -0.4 is 10.1 Å². The third-order valence-corrected chi connectivity index (χ3v) is 3.25. The van der Waals surface area contributed by atoms with Gasteiger partial charge in [0.1, 0.15) is 17.8 Å². The van der Waals surface area contributed by atoms with Gasteiger partial charge in [0.2, 0.25) is 0 Å². The molecule has 0 spiro atoms. The number of nitrogens with one attached hydrogen (secondary N) is 1. The second-order valence-corrected chi connectivity index (χ2v) is 4.96. The number of aryl methyl sites for hydroxylation is 1. The molecule has 24 heavy (non-hydrogen) atoms. The van der Waals surface area contributed by atoms with Crippen LogP contribution in [0.1, 0.15) is 17.2 Å². The zero-order chi connectivity index (χ0) is 17.7. The predicted molar refractivity (Wildman–Crippen MR) is 82.2 cm³/mol. The molecular weight excluding hydrogens is 324 g/mol. The molecule has 9 heteroatoms. The van der Waals surface area contributed by atoms with E-state index in [9.17, 15) is 24.0 Å². The maximum Gasteiger partial charge on any atom is 0.387 e. The Kier molecular flexibility index (Phi) is 5.59. The van der Waals surface area contributed by atoms with Gasteiger partial charge in [0.15, 0.2) is 0 Å². The molecule has 0 amide bonds. The number of benzene rings is 1. The Morgan fingerprint density at radius 3 is 2.58 bits per heavy atom. The maximum absolute atomic E-state index is 12.1. The SMILES string of the molecule is Cc1cc(NCC(O)c2ccc(OC(F)F)cc2)ncc1[N+](=O)[O-]. The van der Waals surface area contributed by atoms with Crippen LogP contribution in [0.3, 0.4) is 0 Å². The Morgan fingerprint density at radius 1 is 1.38 bits per heavy atom. The number of anilines is 1. The van der Waals surface area contributed by atoms with E-state index in [1.165, 1.54) is 30.3 Å². The molecule has 0 saturated carbocycles. The summed E-state index contributed by atoms with van der Waals surface area (Å²) in [5.74, 6) is 0.386. The van der Waals surface area contributed by atoms with E-state index in [-0.39, 0.29) is 18.0 Å². The van der Waals surface area contributed by atoms with Crippen molar-refractivity contribution in [3.63, 3.8) is 0 Å². The summed E-state index contributed by atoms with van der Waals surface area (Å²) in [7, 11) is 0. The second-order valence-electron chi connectivity index (χ2n) is 4.96. The van der Waals surface area contributed by atoms with Gasteiger partial charge < -0.3 is 15.2 Å². The van der Waals surface area contributed by atoms with Crippen molar-refractivity contribution in [2.24, 2.45) is 0 Å². The van der Waals surface area contributed by atoms with Crippen LogP contribution in [0.25, 0.3) is 0 Å². The number of aliphatic hydroxyl groups is 1. The van der Waals surface area contributed by atoms with Crippen LogP contribution >= 0.6 is 0 Å². The smallest absolute Gasteiger partial charge is 0.387 e. The number of halogens is 2. The summed E-state index contributed by atoms with van der Waals surface area (Å²) in [5.41, 5.74) is 0.860. The van der Waals surface area contributed by atoms with Crippen molar-refractivity contribution < 1.29 is 23.5 Å². The van der Waals surface area contributed by atoms with Crippen molar-refractivity contribution in [2.45, 2.75) is 19.6 Å². The Morgan fingerprint density at radius 2 is 2.04 bits per heavy atom. The highest BCUT2D eigenvalue weighted by atomic mass is 19.3. The van der Waals surface area contributed by atoms with Crippen LogP contribution in [0.15, 0.2) is 36.5 Å². The highest BCUT2D eigenvalue weighted by Crippen LogP contribution is 2.21. The fourth-order valence-corrected chi connectivity index (χ4v) is 2.03. The van der Waals surface area contributed by atoms with E-state index in [4.69, 9.17) is 0 Å². The van der Waals surface area contributed by atoms with Gasteiger partial charge in [-0.3, -0.25) is 10.1 Å². The number of alkyl halides is 2. The van der Waals surface area contributed by atoms with E-state index in [1.807, 2.05) is 0 Å². The fourth-order valence-electron chi connectivity index (χ4n) is 2.03. The molecule has 0 bridgehead atoms. The van der Waals surface area contributed by atoms with Crippen molar-refractivity contribution in [3.8, 4) is 5.75 Å². The molecule has 1 atom stereocenters. The summed E-state index contributed by atoms with van der Waals surface area (Å²) in [6, 6.07) is 7.11. The van der Waals surface area contributed by atoms with Crippen LogP contribution in [-0.2, 0) is 0 Å². The molecule has 7 nitrogen and oxygen atoms in total. The first-order valence-electron chi connectivity index (χ1n) is 6.94. The molecule has 1 unspecified atom stereocenters. The van der Waals surface area contributed by atoms with Gasteiger partial charge in [-0.2, -0.15) is 8.78 Å². The third-order valence-electron chi connectivity index (χ3n) is 3.25. The summed E-state index contributed by atoms with van der Waals surface area (Å²) in [4.78, 5) is 14.1. The van der Waals surface area contributed by atoms with Gasteiger partial charge in [-0.05, 0) is 30.7 Å². The lowest BCUT2D eigenvalue weighted by molar-refractivity contribution is -0.385. The van der Waals surface area contributed by atoms with E-state index in [0.29, 0.717) is 16.9 Å². The van der Waals surface area contributed by atoms with E-state index in [0.717, 1.165) is 6.20 Å². The quantitative estimate of drug-likeness (QED) is 0.594. The van der Waals surface area contributed by atoms with E-state index in [1.54, 1.807) is 6.92 Å². The number of nitro groups is 1.